The fourth-order valence-electron chi connectivity index (χ4n) is 1.73. The molecule has 0 amide bonds. The minimum absolute atomic E-state index is 0.183. The van der Waals surface area contributed by atoms with E-state index in [-0.39, 0.29) is 17.6 Å². The second-order valence-corrected chi connectivity index (χ2v) is 4.40. The summed E-state index contributed by atoms with van der Waals surface area (Å²) in [7, 11) is 0. The van der Waals surface area contributed by atoms with Crippen molar-refractivity contribution in [2.75, 3.05) is 6.61 Å². The Morgan fingerprint density at radius 2 is 2.16 bits per heavy atom. The summed E-state index contributed by atoms with van der Waals surface area (Å²) in [6, 6.07) is 10.3. The molecule has 0 aliphatic rings. The molecule has 2 N–H and O–H groups in total. The molecule has 0 spiro atoms. The van der Waals surface area contributed by atoms with Gasteiger partial charge in [-0.3, -0.25) is 4.98 Å². The number of hydrogen-bond donors (Lipinski definition) is 1. The number of rotatable bonds is 5. The topological polar surface area (TPSA) is 48.1 Å². The highest BCUT2D eigenvalue weighted by Gasteiger charge is 2.07. The van der Waals surface area contributed by atoms with Crippen molar-refractivity contribution in [3.05, 3.63) is 59.7 Å². The maximum absolute atomic E-state index is 13.7. The van der Waals surface area contributed by atoms with Gasteiger partial charge in [0.25, 0.3) is 0 Å². The van der Waals surface area contributed by atoms with Gasteiger partial charge >= 0.3 is 0 Å². The summed E-state index contributed by atoms with van der Waals surface area (Å²) in [4.78, 5) is 4.18. The Kier molecular flexibility index (Phi) is 4.47. The Balaban J connectivity index is 1.93. The number of benzene rings is 1. The van der Waals surface area contributed by atoms with Gasteiger partial charge in [0.05, 0.1) is 6.61 Å². The molecule has 19 heavy (non-hydrogen) atoms. The Hall–Kier alpha value is -1.94. The van der Waals surface area contributed by atoms with Crippen LogP contribution in [0.3, 0.4) is 0 Å². The van der Waals surface area contributed by atoms with Crippen molar-refractivity contribution in [1.82, 2.24) is 4.98 Å². The molecule has 2 aromatic rings. The maximum atomic E-state index is 13.7. The number of aromatic nitrogens is 1. The first kappa shape index (κ1) is 13.5. The number of ether oxygens (including phenoxy) is 1. The summed E-state index contributed by atoms with van der Waals surface area (Å²) >= 11 is 0. The molecule has 0 bridgehead atoms. The van der Waals surface area contributed by atoms with Crippen molar-refractivity contribution in [3.8, 4) is 5.75 Å². The first-order valence-corrected chi connectivity index (χ1v) is 6.24. The van der Waals surface area contributed by atoms with Crippen LogP contribution in [0.2, 0.25) is 0 Å². The van der Waals surface area contributed by atoms with Gasteiger partial charge in [-0.25, -0.2) is 4.39 Å². The molecule has 1 heterocycles. The van der Waals surface area contributed by atoms with Crippen LogP contribution in [0.25, 0.3) is 0 Å². The smallest absolute Gasteiger partial charge is 0.165 e. The van der Waals surface area contributed by atoms with E-state index in [2.05, 4.69) is 4.98 Å². The molecule has 100 valence electrons. The molecular formula is C15H17FN2O. The van der Waals surface area contributed by atoms with Gasteiger partial charge in [-0.2, -0.15) is 0 Å². The monoisotopic (exact) mass is 260 g/mol. The van der Waals surface area contributed by atoms with E-state index >= 15 is 0 Å². The van der Waals surface area contributed by atoms with Crippen molar-refractivity contribution in [2.24, 2.45) is 5.73 Å². The highest BCUT2D eigenvalue weighted by Crippen LogP contribution is 2.21. The molecule has 0 aliphatic heterocycles. The fourth-order valence-corrected chi connectivity index (χ4v) is 1.73. The predicted molar refractivity (Wildman–Crippen MR) is 72.4 cm³/mol. The second kappa shape index (κ2) is 6.29. The minimum atomic E-state index is -0.379. The molecule has 4 heteroatoms. The summed E-state index contributed by atoms with van der Waals surface area (Å²) in [6.07, 6.45) is 2.38. The zero-order valence-electron chi connectivity index (χ0n) is 10.8. The predicted octanol–water partition coefficient (Wildman–Crippen LogP) is 2.86. The molecule has 2 rings (SSSR count). The molecular weight excluding hydrogens is 243 g/mol. The van der Waals surface area contributed by atoms with E-state index in [4.69, 9.17) is 10.5 Å². The molecule has 0 aliphatic carbocycles. The zero-order chi connectivity index (χ0) is 13.7. The summed E-state index contributed by atoms with van der Waals surface area (Å²) < 4.78 is 19.2. The number of halogens is 1. The third-order valence-corrected chi connectivity index (χ3v) is 2.82. The third kappa shape index (κ3) is 3.76. The fraction of sp³-hybridized carbons (Fsp3) is 0.267. The Morgan fingerprint density at radius 1 is 1.32 bits per heavy atom. The number of nitrogens with zero attached hydrogens (tertiary/aromatic N) is 1. The second-order valence-electron chi connectivity index (χ2n) is 4.40. The molecule has 1 aromatic heterocycles. The first-order valence-electron chi connectivity index (χ1n) is 6.24. The van der Waals surface area contributed by atoms with Crippen LogP contribution >= 0.6 is 0 Å². The Labute approximate surface area is 112 Å². The van der Waals surface area contributed by atoms with Crippen LogP contribution in [-0.2, 0) is 6.42 Å². The van der Waals surface area contributed by atoms with Crippen molar-refractivity contribution in [2.45, 2.75) is 19.4 Å². The standard InChI is InChI=1S/C15H17FN2O/c1-11(17)12-5-6-15(14(16)10-12)19-9-7-13-4-2-3-8-18-13/h2-6,8,10-11H,7,9,17H2,1H3. The summed E-state index contributed by atoms with van der Waals surface area (Å²) in [6.45, 7) is 2.21. The van der Waals surface area contributed by atoms with Crippen LogP contribution in [0.15, 0.2) is 42.6 Å². The zero-order valence-corrected chi connectivity index (χ0v) is 10.8. The van der Waals surface area contributed by atoms with Gasteiger partial charge < -0.3 is 10.5 Å². The van der Waals surface area contributed by atoms with E-state index in [0.29, 0.717) is 13.0 Å². The molecule has 3 nitrogen and oxygen atoms in total. The van der Waals surface area contributed by atoms with E-state index in [1.165, 1.54) is 6.07 Å². The van der Waals surface area contributed by atoms with Crippen molar-refractivity contribution >= 4 is 0 Å². The molecule has 0 saturated heterocycles. The normalized spacial score (nSPS) is 12.2. The lowest BCUT2D eigenvalue weighted by atomic mass is 10.1. The van der Waals surface area contributed by atoms with Crippen molar-refractivity contribution < 1.29 is 9.13 Å². The SMILES string of the molecule is CC(N)c1ccc(OCCc2ccccn2)c(F)c1. The maximum Gasteiger partial charge on any atom is 0.165 e. The Morgan fingerprint density at radius 3 is 2.79 bits per heavy atom. The van der Waals surface area contributed by atoms with E-state index < -0.39 is 0 Å². The first-order chi connectivity index (χ1) is 9.16. The van der Waals surface area contributed by atoms with Crippen LogP contribution in [0.4, 0.5) is 4.39 Å². The quantitative estimate of drug-likeness (QED) is 0.899. The van der Waals surface area contributed by atoms with Crippen LogP contribution in [0.5, 0.6) is 5.75 Å². The summed E-state index contributed by atoms with van der Waals surface area (Å²) in [5, 5.41) is 0. The molecule has 1 aromatic carbocycles. The lowest BCUT2D eigenvalue weighted by molar-refractivity contribution is 0.304. The minimum Gasteiger partial charge on any atom is -0.490 e. The van der Waals surface area contributed by atoms with Crippen LogP contribution < -0.4 is 10.5 Å². The largest absolute Gasteiger partial charge is 0.490 e. The lowest BCUT2D eigenvalue weighted by Gasteiger charge is -2.10. The number of pyridine rings is 1. The highest BCUT2D eigenvalue weighted by molar-refractivity contribution is 5.30. The van der Waals surface area contributed by atoms with Gasteiger partial charge in [0.1, 0.15) is 0 Å². The van der Waals surface area contributed by atoms with Gasteiger partial charge in [-0.1, -0.05) is 12.1 Å². The highest BCUT2D eigenvalue weighted by atomic mass is 19.1. The van der Waals surface area contributed by atoms with Crippen LogP contribution in [0, 0.1) is 5.82 Å². The van der Waals surface area contributed by atoms with Gasteiger partial charge in [-0.05, 0) is 36.8 Å². The van der Waals surface area contributed by atoms with Crippen molar-refractivity contribution in [1.29, 1.82) is 0 Å². The third-order valence-electron chi connectivity index (χ3n) is 2.82. The van der Waals surface area contributed by atoms with Gasteiger partial charge in [0.15, 0.2) is 11.6 Å². The van der Waals surface area contributed by atoms with E-state index in [0.717, 1.165) is 11.3 Å². The van der Waals surface area contributed by atoms with Crippen LogP contribution in [0.1, 0.15) is 24.2 Å². The van der Waals surface area contributed by atoms with Crippen LogP contribution in [-0.4, -0.2) is 11.6 Å². The van der Waals surface area contributed by atoms with E-state index in [1.54, 1.807) is 18.3 Å². The number of hydrogen-bond acceptors (Lipinski definition) is 3. The average molecular weight is 260 g/mol. The van der Waals surface area contributed by atoms with Gasteiger partial charge in [-0.15, -0.1) is 0 Å². The van der Waals surface area contributed by atoms with Gasteiger partial charge in [0.2, 0.25) is 0 Å². The van der Waals surface area contributed by atoms with E-state index in [9.17, 15) is 4.39 Å². The molecule has 1 unspecified atom stereocenters. The Bertz CT molecular complexity index is 529. The molecule has 0 fully saturated rings. The van der Waals surface area contributed by atoms with Crippen molar-refractivity contribution in [3.63, 3.8) is 0 Å². The molecule has 1 atom stereocenters. The van der Waals surface area contributed by atoms with Gasteiger partial charge in [0, 0.05) is 24.4 Å². The summed E-state index contributed by atoms with van der Waals surface area (Å²) in [5.74, 6) is -0.129. The average Bonchev–Trinajstić information content (AvgIpc) is 2.41. The van der Waals surface area contributed by atoms with E-state index in [1.807, 2.05) is 25.1 Å². The number of nitrogens with two attached hydrogens (primary N) is 1. The molecule has 0 radical (unpaired) electrons. The molecule has 0 saturated carbocycles. The lowest BCUT2D eigenvalue weighted by Crippen LogP contribution is -2.07. The summed E-state index contributed by atoms with van der Waals surface area (Å²) in [5.41, 5.74) is 7.38.